The predicted molar refractivity (Wildman–Crippen MR) is 74.2 cm³/mol. The number of ether oxygens (including phenoxy) is 2. The highest BCUT2D eigenvalue weighted by molar-refractivity contribution is 6.43. The number of aliphatic hydroxyl groups is 1. The molecule has 1 N–H and O–H groups in total. The summed E-state index contributed by atoms with van der Waals surface area (Å²) >= 11 is 17.5. The van der Waals surface area contributed by atoms with E-state index in [2.05, 4.69) is 0 Å². The molecule has 0 amide bonds. The number of rotatable bonds is 5. The molecule has 0 fully saturated rings. The maximum Gasteiger partial charge on any atom is 0.347 e. The van der Waals surface area contributed by atoms with Gasteiger partial charge in [0.25, 0.3) is 0 Å². The fraction of sp³-hybridized carbons (Fsp3) is 0.417. The van der Waals surface area contributed by atoms with Gasteiger partial charge >= 0.3 is 5.97 Å². The number of hydrogen-bond donors (Lipinski definition) is 1. The fourth-order valence-electron chi connectivity index (χ4n) is 1.16. The van der Waals surface area contributed by atoms with Crippen molar-refractivity contribution >= 4 is 40.8 Å². The summed E-state index contributed by atoms with van der Waals surface area (Å²) < 4.78 is 10.3. The second-order valence-electron chi connectivity index (χ2n) is 3.89. The lowest BCUT2D eigenvalue weighted by atomic mass is 10.3. The van der Waals surface area contributed by atoms with Crippen LogP contribution in [0.3, 0.4) is 0 Å². The quantitative estimate of drug-likeness (QED) is 0.665. The SMILES string of the molecule is CC(CO)OC(=O)C(C)Oc1cc(Cl)c(Cl)cc1Cl. The van der Waals surface area contributed by atoms with Gasteiger partial charge in [-0.3, -0.25) is 0 Å². The van der Waals surface area contributed by atoms with Crippen LogP contribution in [0.25, 0.3) is 0 Å². The fourth-order valence-corrected chi connectivity index (χ4v) is 1.75. The van der Waals surface area contributed by atoms with Crippen molar-refractivity contribution in [2.75, 3.05) is 6.61 Å². The number of carbonyl (C=O) groups is 1. The first-order valence-corrected chi connectivity index (χ1v) is 6.61. The Morgan fingerprint density at radius 3 is 2.37 bits per heavy atom. The Morgan fingerprint density at radius 2 is 1.79 bits per heavy atom. The van der Waals surface area contributed by atoms with E-state index in [1.165, 1.54) is 19.1 Å². The lowest BCUT2D eigenvalue weighted by Gasteiger charge is -2.17. The third-order valence-electron chi connectivity index (χ3n) is 2.18. The lowest BCUT2D eigenvalue weighted by Crippen LogP contribution is -2.30. The van der Waals surface area contributed by atoms with E-state index in [1.807, 2.05) is 0 Å². The predicted octanol–water partition coefficient (Wildman–Crippen LogP) is 3.34. The molecule has 0 saturated carbocycles. The standard InChI is InChI=1S/C12H13Cl3O4/c1-6(5-16)18-12(17)7(2)19-11-4-9(14)8(13)3-10(11)15/h3-4,6-7,16H,5H2,1-2H3. The molecule has 106 valence electrons. The molecular weight excluding hydrogens is 314 g/mol. The molecule has 19 heavy (non-hydrogen) atoms. The summed E-state index contributed by atoms with van der Waals surface area (Å²) in [4.78, 5) is 11.6. The van der Waals surface area contributed by atoms with E-state index in [-0.39, 0.29) is 22.4 Å². The second kappa shape index (κ2) is 7.20. The molecule has 0 aromatic heterocycles. The van der Waals surface area contributed by atoms with Crippen LogP contribution in [0.1, 0.15) is 13.8 Å². The van der Waals surface area contributed by atoms with Crippen LogP contribution in [0.2, 0.25) is 15.1 Å². The van der Waals surface area contributed by atoms with Crippen molar-refractivity contribution in [2.24, 2.45) is 0 Å². The summed E-state index contributed by atoms with van der Waals surface area (Å²) in [7, 11) is 0. The van der Waals surface area contributed by atoms with Crippen LogP contribution in [0.5, 0.6) is 5.75 Å². The Kier molecular flexibility index (Phi) is 6.20. The summed E-state index contributed by atoms with van der Waals surface area (Å²) in [6.45, 7) is 2.81. The largest absolute Gasteiger partial charge is 0.477 e. The van der Waals surface area contributed by atoms with Crippen LogP contribution in [0.15, 0.2) is 12.1 Å². The minimum atomic E-state index is -0.885. The van der Waals surface area contributed by atoms with Gasteiger partial charge in [-0.2, -0.15) is 0 Å². The molecule has 7 heteroatoms. The molecule has 0 saturated heterocycles. The number of benzene rings is 1. The van der Waals surface area contributed by atoms with Gasteiger partial charge in [0.2, 0.25) is 0 Å². The third kappa shape index (κ3) is 4.73. The first kappa shape index (κ1) is 16.4. The van der Waals surface area contributed by atoms with E-state index in [0.29, 0.717) is 5.02 Å². The third-order valence-corrected chi connectivity index (χ3v) is 3.20. The Labute approximate surface area is 126 Å². The van der Waals surface area contributed by atoms with Gasteiger partial charge in [-0.05, 0) is 19.9 Å². The number of carbonyl (C=O) groups excluding carboxylic acids is 1. The normalized spacial score (nSPS) is 13.8. The molecule has 2 unspecified atom stereocenters. The van der Waals surface area contributed by atoms with Gasteiger partial charge < -0.3 is 14.6 Å². The minimum absolute atomic E-state index is 0.233. The van der Waals surface area contributed by atoms with Gasteiger partial charge in [-0.25, -0.2) is 4.79 Å². The van der Waals surface area contributed by atoms with Crippen molar-refractivity contribution in [1.82, 2.24) is 0 Å². The summed E-state index contributed by atoms with van der Waals surface area (Å²) in [6.07, 6.45) is -1.48. The van der Waals surface area contributed by atoms with Crippen LogP contribution in [-0.4, -0.2) is 29.9 Å². The topological polar surface area (TPSA) is 55.8 Å². The van der Waals surface area contributed by atoms with Gasteiger partial charge in [0.15, 0.2) is 6.10 Å². The smallest absolute Gasteiger partial charge is 0.347 e. The summed E-state index contributed by atoms with van der Waals surface area (Å²) in [5, 5.41) is 9.60. The molecule has 1 aromatic carbocycles. The Bertz CT molecular complexity index is 465. The Balaban J connectivity index is 2.74. The molecule has 0 bridgehead atoms. The molecule has 1 rings (SSSR count). The monoisotopic (exact) mass is 326 g/mol. The van der Waals surface area contributed by atoms with E-state index >= 15 is 0 Å². The highest BCUT2D eigenvalue weighted by Crippen LogP contribution is 2.34. The number of esters is 1. The van der Waals surface area contributed by atoms with Crippen molar-refractivity contribution < 1.29 is 19.4 Å². The maximum absolute atomic E-state index is 11.6. The van der Waals surface area contributed by atoms with E-state index in [0.717, 1.165) is 0 Å². The van der Waals surface area contributed by atoms with E-state index < -0.39 is 18.2 Å². The van der Waals surface area contributed by atoms with E-state index in [4.69, 9.17) is 49.4 Å². The molecule has 1 aromatic rings. The highest BCUT2D eigenvalue weighted by Gasteiger charge is 2.20. The van der Waals surface area contributed by atoms with Crippen molar-refractivity contribution in [3.05, 3.63) is 27.2 Å². The van der Waals surface area contributed by atoms with Crippen LogP contribution < -0.4 is 4.74 Å². The summed E-state index contributed by atoms with van der Waals surface area (Å²) in [5.74, 6) is -0.374. The molecule has 4 nitrogen and oxygen atoms in total. The first-order valence-electron chi connectivity index (χ1n) is 5.47. The molecule has 0 aliphatic rings. The first-order chi connectivity index (χ1) is 8.85. The number of aliphatic hydroxyl groups excluding tert-OH is 1. The Hall–Kier alpha value is -0.680. The lowest BCUT2D eigenvalue weighted by molar-refractivity contribution is -0.157. The molecule has 0 heterocycles. The van der Waals surface area contributed by atoms with Crippen LogP contribution in [0.4, 0.5) is 0 Å². The van der Waals surface area contributed by atoms with Crippen molar-refractivity contribution in [1.29, 1.82) is 0 Å². The molecule has 0 radical (unpaired) electrons. The number of halogens is 3. The van der Waals surface area contributed by atoms with Gasteiger partial charge in [0, 0.05) is 6.07 Å². The zero-order valence-electron chi connectivity index (χ0n) is 10.3. The molecule has 0 aliphatic carbocycles. The van der Waals surface area contributed by atoms with E-state index in [1.54, 1.807) is 6.92 Å². The summed E-state index contributed by atoms with van der Waals surface area (Å²) in [6, 6.07) is 2.85. The summed E-state index contributed by atoms with van der Waals surface area (Å²) in [5.41, 5.74) is 0. The zero-order valence-corrected chi connectivity index (χ0v) is 12.6. The number of hydrogen-bond acceptors (Lipinski definition) is 4. The van der Waals surface area contributed by atoms with E-state index in [9.17, 15) is 4.79 Å². The van der Waals surface area contributed by atoms with Crippen LogP contribution in [0, 0.1) is 0 Å². The highest BCUT2D eigenvalue weighted by atomic mass is 35.5. The molecular formula is C12H13Cl3O4. The van der Waals surface area contributed by atoms with Gasteiger partial charge in [0.1, 0.15) is 11.9 Å². The van der Waals surface area contributed by atoms with Crippen LogP contribution >= 0.6 is 34.8 Å². The van der Waals surface area contributed by atoms with Gasteiger partial charge in [-0.1, -0.05) is 34.8 Å². The minimum Gasteiger partial charge on any atom is -0.477 e. The van der Waals surface area contributed by atoms with Crippen molar-refractivity contribution in [2.45, 2.75) is 26.1 Å². The molecule has 0 aliphatic heterocycles. The second-order valence-corrected chi connectivity index (χ2v) is 5.11. The van der Waals surface area contributed by atoms with Crippen LogP contribution in [-0.2, 0) is 9.53 Å². The Morgan fingerprint density at radius 1 is 1.21 bits per heavy atom. The maximum atomic E-state index is 11.6. The van der Waals surface area contributed by atoms with Crippen molar-refractivity contribution in [3.8, 4) is 5.75 Å². The molecule has 0 spiro atoms. The molecule has 2 atom stereocenters. The average Bonchev–Trinajstić information content (AvgIpc) is 2.35. The average molecular weight is 328 g/mol. The zero-order chi connectivity index (χ0) is 14.6. The van der Waals surface area contributed by atoms with Gasteiger partial charge in [0.05, 0.1) is 21.7 Å². The van der Waals surface area contributed by atoms with Crippen molar-refractivity contribution in [3.63, 3.8) is 0 Å². The van der Waals surface area contributed by atoms with Gasteiger partial charge in [-0.15, -0.1) is 0 Å².